The molecule has 0 heterocycles. The monoisotopic (exact) mass is 334 g/mol. The molecule has 0 bridgehead atoms. The van der Waals surface area contributed by atoms with Gasteiger partial charge in [-0.25, -0.2) is 0 Å². The molecule has 0 saturated carbocycles. The summed E-state index contributed by atoms with van der Waals surface area (Å²) in [6.07, 6.45) is -4.78. The lowest BCUT2D eigenvalue weighted by molar-refractivity contribution is -0.274. The summed E-state index contributed by atoms with van der Waals surface area (Å²) < 4.78 is 45.1. The van der Waals surface area contributed by atoms with E-state index in [0.717, 1.165) is 12.1 Å². The fourth-order valence-electron chi connectivity index (χ4n) is 1.76. The minimum atomic E-state index is -4.78. The van der Waals surface area contributed by atoms with Crippen LogP contribution in [0.25, 0.3) is 0 Å². The van der Waals surface area contributed by atoms with Crippen molar-refractivity contribution in [3.63, 3.8) is 0 Å². The highest BCUT2D eigenvalue weighted by Crippen LogP contribution is 2.23. The molecule has 0 aromatic heterocycles. The van der Waals surface area contributed by atoms with E-state index in [1.807, 2.05) is 0 Å². The summed E-state index contributed by atoms with van der Waals surface area (Å²) in [5, 5.41) is 4.92. The molecule has 0 aliphatic carbocycles. The maximum atomic E-state index is 12.2. The highest BCUT2D eigenvalue weighted by molar-refractivity contribution is 5.86. The second-order valence-electron chi connectivity index (χ2n) is 4.62. The molecule has 23 heavy (non-hydrogen) atoms. The third-order valence-corrected chi connectivity index (χ3v) is 2.63. The molecule has 0 radical (unpaired) electrons. The van der Waals surface area contributed by atoms with E-state index in [2.05, 4.69) is 15.4 Å². The fraction of sp³-hybridized carbons (Fsp3) is 0.429. The molecule has 0 aliphatic rings. The average molecular weight is 334 g/mol. The van der Waals surface area contributed by atoms with Gasteiger partial charge >= 0.3 is 6.36 Å². The van der Waals surface area contributed by atoms with Crippen LogP contribution in [0.5, 0.6) is 5.75 Å². The van der Waals surface area contributed by atoms with Gasteiger partial charge in [0, 0.05) is 20.6 Å². The normalized spacial score (nSPS) is 12.4. The molecular formula is C14H17F3N2O4. The number of halogens is 3. The van der Waals surface area contributed by atoms with Crippen LogP contribution in [0, 0.1) is 0 Å². The van der Waals surface area contributed by atoms with Crippen LogP contribution in [0.4, 0.5) is 13.2 Å². The summed E-state index contributed by atoms with van der Waals surface area (Å²) in [7, 11) is 1.38. The molecule has 1 aromatic rings. The van der Waals surface area contributed by atoms with Gasteiger partial charge in [-0.05, 0) is 17.7 Å². The number of benzene rings is 1. The lowest BCUT2D eigenvalue weighted by Gasteiger charge is -2.17. The van der Waals surface area contributed by atoms with Crippen molar-refractivity contribution < 1.29 is 32.2 Å². The Kier molecular flexibility index (Phi) is 6.83. The molecule has 2 N–H and O–H groups in total. The Morgan fingerprint density at radius 3 is 2.57 bits per heavy atom. The Labute approximate surface area is 130 Å². The number of rotatable bonds is 7. The van der Waals surface area contributed by atoms with Gasteiger partial charge in [-0.2, -0.15) is 0 Å². The molecule has 6 nitrogen and oxygen atoms in total. The van der Waals surface area contributed by atoms with Crippen LogP contribution < -0.4 is 15.4 Å². The minimum Gasteiger partial charge on any atom is -0.406 e. The molecule has 128 valence electrons. The molecule has 1 rings (SSSR count). The lowest BCUT2D eigenvalue weighted by Crippen LogP contribution is -2.48. The van der Waals surface area contributed by atoms with Crippen molar-refractivity contribution in [1.29, 1.82) is 0 Å². The van der Waals surface area contributed by atoms with Crippen LogP contribution >= 0.6 is 0 Å². The van der Waals surface area contributed by atoms with Crippen molar-refractivity contribution in [2.45, 2.75) is 25.9 Å². The van der Waals surface area contributed by atoms with Crippen molar-refractivity contribution in [2.24, 2.45) is 0 Å². The van der Waals surface area contributed by atoms with Crippen molar-refractivity contribution in [3.8, 4) is 5.75 Å². The van der Waals surface area contributed by atoms with Gasteiger partial charge in [0.05, 0.1) is 6.61 Å². The Hall–Kier alpha value is -2.29. The maximum absolute atomic E-state index is 12.2. The van der Waals surface area contributed by atoms with Crippen molar-refractivity contribution in [1.82, 2.24) is 10.6 Å². The van der Waals surface area contributed by atoms with E-state index < -0.39 is 24.2 Å². The van der Waals surface area contributed by atoms with Crippen LogP contribution in [0.1, 0.15) is 12.5 Å². The molecule has 0 spiro atoms. The number of ether oxygens (including phenoxy) is 2. The number of nitrogens with one attached hydrogen (secondary N) is 2. The Morgan fingerprint density at radius 2 is 2.00 bits per heavy atom. The van der Waals surface area contributed by atoms with Crippen LogP contribution in [0.3, 0.4) is 0 Å². The summed E-state index contributed by atoms with van der Waals surface area (Å²) in [4.78, 5) is 23.0. The van der Waals surface area contributed by atoms with E-state index in [-0.39, 0.29) is 18.9 Å². The van der Waals surface area contributed by atoms with Gasteiger partial charge in [-0.3, -0.25) is 9.59 Å². The number of carbonyl (C=O) groups is 2. The first-order chi connectivity index (χ1) is 10.7. The molecule has 0 fully saturated rings. The Bertz CT molecular complexity index is 549. The third-order valence-electron chi connectivity index (χ3n) is 2.63. The predicted molar refractivity (Wildman–Crippen MR) is 74.5 cm³/mol. The van der Waals surface area contributed by atoms with E-state index in [4.69, 9.17) is 4.74 Å². The molecule has 1 aromatic carbocycles. The Balaban J connectivity index is 2.64. The standard InChI is InChI=1S/C14H17F3N2O4/c1-9(20)19-12(8-22-2)13(21)18-7-10-4-3-5-11(6-10)23-14(15,16)17/h3-6,12H,7-8H2,1-2H3,(H,18,21)(H,19,20)/t12-/m1/s1. The van der Waals surface area contributed by atoms with Crippen LogP contribution in [0.15, 0.2) is 24.3 Å². The van der Waals surface area contributed by atoms with E-state index in [9.17, 15) is 22.8 Å². The van der Waals surface area contributed by atoms with E-state index in [1.54, 1.807) is 0 Å². The second-order valence-corrected chi connectivity index (χ2v) is 4.62. The predicted octanol–water partition coefficient (Wildman–Crippen LogP) is 1.35. The van der Waals surface area contributed by atoms with Gasteiger partial charge in [-0.1, -0.05) is 12.1 Å². The fourth-order valence-corrected chi connectivity index (χ4v) is 1.76. The Morgan fingerprint density at radius 1 is 1.30 bits per heavy atom. The molecule has 2 amide bonds. The maximum Gasteiger partial charge on any atom is 0.573 e. The van der Waals surface area contributed by atoms with E-state index in [1.165, 1.54) is 26.2 Å². The summed E-state index contributed by atoms with van der Waals surface area (Å²) in [6, 6.07) is 4.35. The van der Waals surface area contributed by atoms with E-state index >= 15 is 0 Å². The van der Waals surface area contributed by atoms with Gasteiger partial charge in [-0.15, -0.1) is 13.2 Å². The second kappa shape index (κ2) is 8.37. The lowest BCUT2D eigenvalue weighted by atomic mass is 10.2. The topological polar surface area (TPSA) is 76.7 Å². The minimum absolute atomic E-state index is 0.0201. The summed E-state index contributed by atoms with van der Waals surface area (Å²) in [5.41, 5.74) is 0.416. The number of amides is 2. The van der Waals surface area contributed by atoms with E-state index in [0.29, 0.717) is 5.56 Å². The van der Waals surface area contributed by atoms with Crippen molar-refractivity contribution in [2.75, 3.05) is 13.7 Å². The van der Waals surface area contributed by atoms with Gasteiger partial charge in [0.25, 0.3) is 0 Å². The summed E-state index contributed by atoms with van der Waals surface area (Å²) in [6.45, 7) is 1.21. The zero-order valence-electron chi connectivity index (χ0n) is 12.6. The first-order valence-electron chi connectivity index (χ1n) is 6.59. The quantitative estimate of drug-likeness (QED) is 0.789. The highest BCUT2D eigenvalue weighted by Gasteiger charge is 2.31. The average Bonchev–Trinajstić information content (AvgIpc) is 2.42. The zero-order chi connectivity index (χ0) is 17.5. The van der Waals surface area contributed by atoms with Crippen LogP contribution in [0.2, 0.25) is 0 Å². The van der Waals surface area contributed by atoms with Gasteiger partial charge < -0.3 is 20.1 Å². The number of methoxy groups -OCH3 is 1. The molecular weight excluding hydrogens is 317 g/mol. The first kappa shape index (κ1) is 18.8. The third kappa shape index (κ3) is 7.50. The molecule has 0 saturated heterocycles. The number of hydrogen-bond acceptors (Lipinski definition) is 4. The zero-order valence-corrected chi connectivity index (χ0v) is 12.6. The number of hydrogen-bond donors (Lipinski definition) is 2. The smallest absolute Gasteiger partial charge is 0.406 e. The number of alkyl halides is 3. The summed E-state index contributed by atoms with van der Waals surface area (Å²) in [5.74, 6) is -1.29. The molecule has 0 unspecified atom stereocenters. The van der Waals surface area contributed by atoms with Gasteiger partial charge in [0.15, 0.2) is 0 Å². The van der Waals surface area contributed by atoms with Gasteiger partial charge in [0.1, 0.15) is 11.8 Å². The van der Waals surface area contributed by atoms with Crippen LogP contribution in [-0.2, 0) is 20.9 Å². The summed E-state index contributed by atoms with van der Waals surface area (Å²) >= 11 is 0. The molecule has 1 atom stereocenters. The highest BCUT2D eigenvalue weighted by atomic mass is 19.4. The number of carbonyl (C=O) groups excluding carboxylic acids is 2. The molecule has 0 aliphatic heterocycles. The van der Waals surface area contributed by atoms with Crippen LogP contribution in [-0.4, -0.2) is 37.9 Å². The molecule has 9 heteroatoms. The first-order valence-corrected chi connectivity index (χ1v) is 6.59. The largest absolute Gasteiger partial charge is 0.573 e. The van der Waals surface area contributed by atoms with Gasteiger partial charge in [0.2, 0.25) is 11.8 Å². The van der Waals surface area contributed by atoms with Crippen molar-refractivity contribution in [3.05, 3.63) is 29.8 Å². The van der Waals surface area contributed by atoms with Crippen molar-refractivity contribution >= 4 is 11.8 Å². The SMILES string of the molecule is COC[C@@H](NC(C)=O)C(=O)NCc1cccc(OC(F)(F)F)c1.